The minimum absolute atomic E-state index is 0. The molecule has 1 heterocycles. The Bertz CT molecular complexity index is 542. The Morgan fingerprint density at radius 1 is 1.29 bits per heavy atom. The minimum atomic E-state index is 0. The monoisotopic (exact) mass is 308 g/mol. The maximum atomic E-state index is 11.6. The van der Waals surface area contributed by atoms with Crippen LogP contribution in [0, 0.1) is 0 Å². The number of amides is 1. The van der Waals surface area contributed by atoms with Crippen LogP contribution < -0.4 is 10.6 Å². The molecule has 2 rings (SSSR count). The third kappa shape index (κ3) is 5.57. The van der Waals surface area contributed by atoms with E-state index in [0.29, 0.717) is 13.0 Å². The third-order valence-corrected chi connectivity index (χ3v) is 2.98. The molecule has 2 N–H and O–H groups in total. The van der Waals surface area contributed by atoms with Gasteiger partial charge in [0.1, 0.15) is 0 Å². The molecule has 0 saturated heterocycles. The molecule has 0 atom stereocenters. The Morgan fingerprint density at radius 2 is 2.05 bits per heavy atom. The third-order valence-electron chi connectivity index (χ3n) is 2.98. The maximum Gasteiger partial charge on any atom is 0.220 e. The second-order valence-electron chi connectivity index (χ2n) is 4.61. The Balaban J connectivity index is 0.00000220. The highest BCUT2D eigenvalue weighted by Gasteiger charge is 2.03. The lowest BCUT2D eigenvalue weighted by atomic mass is 10.3. The fourth-order valence-corrected chi connectivity index (χ4v) is 1.89. The Morgan fingerprint density at radius 3 is 2.76 bits per heavy atom. The van der Waals surface area contributed by atoms with E-state index < -0.39 is 0 Å². The first-order valence-electron chi connectivity index (χ1n) is 6.80. The van der Waals surface area contributed by atoms with E-state index in [1.54, 1.807) is 6.20 Å². The van der Waals surface area contributed by atoms with Gasteiger partial charge in [0.2, 0.25) is 5.91 Å². The fourth-order valence-electron chi connectivity index (χ4n) is 1.89. The zero-order valence-electron chi connectivity index (χ0n) is 12.1. The summed E-state index contributed by atoms with van der Waals surface area (Å²) in [5.41, 5.74) is 2.01. The number of carbonyl (C=O) groups excluding carboxylic acids is 1. The van der Waals surface area contributed by atoms with Crippen molar-refractivity contribution in [3.8, 4) is 5.69 Å². The van der Waals surface area contributed by atoms with Gasteiger partial charge in [0.05, 0.1) is 11.9 Å². The first kappa shape index (κ1) is 17.2. The summed E-state index contributed by atoms with van der Waals surface area (Å²) < 4.78 is 1.81. The van der Waals surface area contributed by atoms with Crippen molar-refractivity contribution in [2.45, 2.75) is 19.4 Å². The number of halogens is 1. The van der Waals surface area contributed by atoms with Crippen molar-refractivity contribution in [3.63, 3.8) is 0 Å². The molecule has 0 fully saturated rings. The molecule has 1 aromatic carbocycles. The van der Waals surface area contributed by atoms with E-state index in [-0.39, 0.29) is 18.3 Å². The SMILES string of the molecule is CNCCCC(=O)NCc1cnn(-c2ccccc2)c1.Cl. The number of hydrogen-bond acceptors (Lipinski definition) is 3. The topological polar surface area (TPSA) is 59.0 Å². The molecular formula is C15H21ClN4O. The number of aromatic nitrogens is 2. The molecule has 6 heteroatoms. The highest BCUT2D eigenvalue weighted by Crippen LogP contribution is 2.07. The predicted molar refractivity (Wildman–Crippen MR) is 85.8 cm³/mol. The number of nitrogens with one attached hydrogen (secondary N) is 2. The van der Waals surface area contributed by atoms with Gasteiger partial charge in [0.25, 0.3) is 0 Å². The van der Waals surface area contributed by atoms with Gasteiger partial charge in [-0.3, -0.25) is 4.79 Å². The van der Waals surface area contributed by atoms with Crippen LogP contribution in [0.15, 0.2) is 42.7 Å². The van der Waals surface area contributed by atoms with Gasteiger partial charge < -0.3 is 10.6 Å². The zero-order valence-corrected chi connectivity index (χ0v) is 12.9. The molecule has 0 bridgehead atoms. The largest absolute Gasteiger partial charge is 0.352 e. The van der Waals surface area contributed by atoms with Gasteiger partial charge in [-0.2, -0.15) is 5.10 Å². The molecule has 0 aliphatic rings. The molecule has 0 aliphatic heterocycles. The van der Waals surface area contributed by atoms with Gasteiger partial charge in [-0.05, 0) is 32.1 Å². The molecular weight excluding hydrogens is 288 g/mol. The first-order chi connectivity index (χ1) is 9.79. The molecule has 5 nitrogen and oxygen atoms in total. The summed E-state index contributed by atoms with van der Waals surface area (Å²) in [5, 5.41) is 10.2. The number of nitrogens with zero attached hydrogens (tertiary/aromatic N) is 2. The van der Waals surface area contributed by atoms with Crippen LogP contribution in [0.5, 0.6) is 0 Å². The Hall–Kier alpha value is -1.85. The number of benzene rings is 1. The summed E-state index contributed by atoms with van der Waals surface area (Å²) in [6.45, 7) is 1.38. The lowest BCUT2D eigenvalue weighted by Gasteiger charge is -2.03. The highest BCUT2D eigenvalue weighted by atomic mass is 35.5. The molecule has 114 valence electrons. The van der Waals surface area contributed by atoms with E-state index in [1.807, 2.05) is 48.3 Å². The van der Waals surface area contributed by atoms with Crippen LogP contribution in [0.3, 0.4) is 0 Å². The number of para-hydroxylation sites is 1. The van der Waals surface area contributed by atoms with Crippen molar-refractivity contribution in [1.82, 2.24) is 20.4 Å². The van der Waals surface area contributed by atoms with Crippen LogP contribution in [0.4, 0.5) is 0 Å². The fraction of sp³-hybridized carbons (Fsp3) is 0.333. The van der Waals surface area contributed by atoms with Crippen molar-refractivity contribution in [1.29, 1.82) is 0 Å². The molecule has 0 saturated carbocycles. The van der Waals surface area contributed by atoms with Crippen LogP contribution in [0.25, 0.3) is 5.69 Å². The summed E-state index contributed by atoms with van der Waals surface area (Å²) >= 11 is 0. The molecule has 1 amide bonds. The molecule has 0 unspecified atom stereocenters. The molecule has 2 aromatic rings. The summed E-state index contributed by atoms with van der Waals surface area (Å²) in [6.07, 6.45) is 5.11. The van der Waals surface area contributed by atoms with Crippen molar-refractivity contribution >= 4 is 18.3 Å². The lowest BCUT2D eigenvalue weighted by Crippen LogP contribution is -2.23. The van der Waals surface area contributed by atoms with E-state index >= 15 is 0 Å². The smallest absolute Gasteiger partial charge is 0.220 e. The van der Waals surface area contributed by atoms with Crippen LogP contribution in [0.2, 0.25) is 0 Å². The van der Waals surface area contributed by atoms with Crippen molar-refractivity contribution in [2.24, 2.45) is 0 Å². The van der Waals surface area contributed by atoms with Crippen LogP contribution >= 0.6 is 12.4 Å². The standard InChI is InChI=1S/C15H20N4O.ClH/c1-16-9-5-8-15(20)17-10-13-11-18-19(12-13)14-6-3-2-4-7-14;/h2-4,6-7,11-12,16H,5,8-10H2,1H3,(H,17,20);1H. The van der Waals surface area contributed by atoms with E-state index in [2.05, 4.69) is 15.7 Å². The zero-order chi connectivity index (χ0) is 14.2. The van der Waals surface area contributed by atoms with Crippen molar-refractivity contribution in [3.05, 3.63) is 48.3 Å². The molecule has 21 heavy (non-hydrogen) atoms. The van der Waals surface area contributed by atoms with Gasteiger partial charge in [0, 0.05) is 24.7 Å². The summed E-state index contributed by atoms with van der Waals surface area (Å²) in [5.74, 6) is 0.0766. The van der Waals surface area contributed by atoms with Crippen molar-refractivity contribution < 1.29 is 4.79 Å². The second kappa shape index (κ2) is 9.15. The maximum absolute atomic E-state index is 11.6. The lowest BCUT2D eigenvalue weighted by molar-refractivity contribution is -0.121. The Kier molecular flexibility index (Phi) is 7.50. The molecule has 0 spiro atoms. The van der Waals surface area contributed by atoms with E-state index in [9.17, 15) is 4.79 Å². The number of rotatable bonds is 7. The second-order valence-corrected chi connectivity index (χ2v) is 4.61. The average Bonchev–Trinajstić information content (AvgIpc) is 2.95. The van der Waals surface area contributed by atoms with E-state index in [0.717, 1.165) is 24.2 Å². The first-order valence-corrected chi connectivity index (χ1v) is 6.80. The quantitative estimate of drug-likeness (QED) is 0.768. The van der Waals surface area contributed by atoms with Crippen LogP contribution in [-0.2, 0) is 11.3 Å². The molecule has 0 radical (unpaired) electrons. The van der Waals surface area contributed by atoms with Gasteiger partial charge in [0.15, 0.2) is 0 Å². The normalized spacial score (nSPS) is 9.95. The minimum Gasteiger partial charge on any atom is -0.352 e. The Labute approximate surface area is 131 Å². The van der Waals surface area contributed by atoms with Crippen molar-refractivity contribution in [2.75, 3.05) is 13.6 Å². The molecule has 0 aliphatic carbocycles. The summed E-state index contributed by atoms with van der Waals surface area (Å²) in [6, 6.07) is 9.90. The van der Waals surface area contributed by atoms with Gasteiger partial charge in [-0.1, -0.05) is 18.2 Å². The van der Waals surface area contributed by atoms with Crippen LogP contribution in [-0.4, -0.2) is 29.3 Å². The average molecular weight is 309 g/mol. The van der Waals surface area contributed by atoms with E-state index in [4.69, 9.17) is 0 Å². The van der Waals surface area contributed by atoms with Gasteiger partial charge in [-0.25, -0.2) is 4.68 Å². The van der Waals surface area contributed by atoms with Crippen LogP contribution in [0.1, 0.15) is 18.4 Å². The summed E-state index contributed by atoms with van der Waals surface area (Å²) in [4.78, 5) is 11.6. The van der Waals surface area contributed by atoms with E-state index in [1.165, 1.54) is 0 Å². The number of hydrogen-bond donors (Lipinski definition) is 2. The van der Waals surface area contributed by atoms with Gasteiger partial charge in [-0.15, -0.1) is 12.4 Å². The molecule has 1 aromatic heterocycles. The number of carbonyl (C=O) groups is 1. The predicted octanol–water partition coefficient (Wildman–Crippen LogP) is 1.91. The highest BCUT2D eigenvalue weighted by molar-refractivity contribution is 5.85. The van der Waals surface area contributed by atoms with Gasteiger partial charge >= 0.3 is 0 Å². The summed E-state index contributed by atoms with van der Waals surface area (Å²) in [7, 11) is 1.88.